The molecule has 8 heteroatoms. The Bertz CT molecular complexity index is 805. The highest BCUT2D eigenvalue weighted by atomic mass is 35.5. The second-order valence-corrected chi connectivity index (χ2v) is 8.50. The van der Waals surface area contributed by atoms with Gasteiger partial charge in [0.15, 0.2) is 11.8 Å². The topological polar surface area (TPSA) is 69.8 Å². The van der Waals surface area contributed by atoms with Crippen molar-refractivity contribution in [1.29, 1.82) is 0 Å². The van der Waals surface area contributed by atoms with E-state index in [-0.39, 0.29) is 5.41 Å². The first-order chi connectivity index (χ1) is 13.3. The molecule has 7 nitrogen and oxygen atoms in total. The normalized spacial score (nSPS) is 16.5. The molecule has 1 aromatic heterocycles. The van der Waals surface area contributed by atoms with Crippen molar-refractivity contribution in [1.82, 2.24) is 25.3 Å². The monoisotopic (exact) mass is 404 g/mol. The Kier molecular flexibility index (Phi) is 6.57. The number of aliphatic imine (C=N–C) groups is 1. The van der Waals surface area contributed by atoms with Crippen LogP contribution in [0.4, 0.5) is 0 Å². The molecule has 2 aromatic rings. The maximum Gasteiger partial charge on any atom is 0.232 e. The summed E-state index contributed by atoms with van der Waals surface area (Å²) in [5.41, 5.74) is 1.10. The van der Waals surface area contributed by atoms with Crippen LogP contribution in [-0.2, 0) is 18.5 Å². The molecular formula is C20H29ClN6O. The molecule has 1 fully saturated rings. The fourth-order valence-corrected chi connectivity index (χ4v) is 3.34. The molecule has 1 saturated heterocycles. The van der Waals surface area contributed by atoms with E-state index in [9.17, 15) is 0 Å². The third-order valence-electron chi connectivity index (χ3n) is 4.69. The summed E-state index contributed by atoms with van der Waals surface area (Å²) < 4.78 is 5.35. The molecule has 0 atom stereocenters. The smallest absolute Gasteiger partial charge is 0.232 e. The molecular weight excluding hydrogens is 376 g/mol. The number of nitrogens with zero attached hydrogens (tertiary/aromatic N) is 5. The number of hydrogen-bond acceptors (Lipinski definition) is 5. The lowest BCUT2D eigenvalue weighted by molar-refractivity contribution is 0.172. The summed E-state index contributed by atoms with van der Waals surface area (Å²) in [4.78, 5) is 13.6. The average Bonchev–Trinajstić information content (AvgIpc) is 3.13. The molecule has 0 bridgehead atoms. The largest absolute Gasteiger partial charge is 0.349 e. The number of benzene rings is 1. The number of halogens is 1. The van der Waals surface area contributed by atoms with Crippen molar-refractivity contribution in [3.8, 4) is 0 Å². The summed E-state index contributed by atoms with van der Waals surface area (Å²) in [6, 6.07) is 8.07. The molecule has 1 aromatic carbocycles. The molecule has 1 aliphatic rings. The van der Waals surface area contributed by atoms with E-state index >= 15 is 0 Å². The first-order valence-corrected chi connectivity index (χ1v) is 9.98. The minimum atomic E-state index is -0.147. The quantitative estimate of drug-likeness (QED) is 0.624. The van der Waals surface area contributed by atoms with E-state index < -0.39 is 0 Å². The summed E-state index contributed by atoms with van der Waals surface area (Å²) in [6.45, 7) is 11.4. The highest BCUT2D eigenvalue weighted by molar-refractivity contribution is 6.30. The molecule has 0 radical (unpaired) electrons. The van der Waals surface area contributed by atoms with Crippen molar-refractivity contribution in [3.63, 3.8) is 0 Å². The van der Waals surface area contributed by atoms with Gasteiger partial charge < -0.3 is 14.7 Å². The van der Waals surface area contributed by atoms with E-state index in [0.717, 1.165) is 43.7 Å². The SMILES string of the molecule is CN=C(NCc1noc(C(C)(C)C)n1)N1CCN(Cc2cccc(Cl)c2)CC1. The highest BCUT2D eigenvalue weighted by Gasteiger charge is 2.23. The summed E-state index contributed by atoms with van der Waals surface area (Å²) >= 11 is 6.09. The Morgan fingerprint density at radius 1 is 1.25 bits per heavy atom. The predicted molar refractivity (Wildman–Crippen MR) is 111 cm³/mol. The Morgan fingerprint density at radius 2 is 2.00 bits per heavy atom. The van der Waals surface area contributed by atoms with Crippen LogP contribution >= 0.6 is 11.6 Å². The van der Waals surface area contributed by atoms with E-state index in [1.165, 1.54) is 5.56 Å². The number of guanidine groups is 1. The van der Waals surface area contributed by atoms with Gasteiger partial charge in [-0.15, -0.1) is 0 Å². The second kappa shape index (κ2) is 8.92. The molecule has 1 aliphatic heterocycles. The molecule has 0 unspecified atom stereocenters. The van der Waals surface area contributed by atoms with Crippen LogP contribution in [0.1, 0.15) is 38.0 Å². The molecule has 1 N–H and O–H groups in total. The molecule has 0 aliphatic carbocycles. The van der Waals surface area contributed by atoms with Crippen molar-refractivity contribution in [2.75, 3.05) is 33.2 Å². The van der Waals surface area contributed by atoms with Crippen LogP contribution in [0.25, 0.3) is 0 Å². The summed E-state index contributed by atoms with van der Waals surface area (Å²) in [6.07, 6.45) is 0. The fourth-order valence-electron chi connectivity index (χ4n) is 3.13. The van der Waals surface area contributed by atoms with Crippen molar-refractivity contribution < 1.29 is 4.52 Å². The first-order valence-electron chi connectivity index (χ1n) is 9.60. The highest BCUT2D eigenvalue weighted by Crippen LogP contribution is 2.19. The average molecular weight is 405 g/mol. The number of rotatable bonds is 4. The molecule has 0 spiro atoms. The van der Waals surface area contributed by atoms with Gasteiger partial charge in [-0.25, -0.2) is 0 Å². The zero-order valence-electron chi connectivity index (χ0n) is 17.1. The Balaban J connectivity index is 1.49. The zero-order chi connectivity index (χ0) is 20.1. The minimum Gasteiger partial charge on any atom is -0.349 e. The summed E-state index contributed by atoms with van der Waals surface area (Å²) in [7, 11) is 1.80. The van der Waals surface area contributed by atoms with Crippen molar-refractivity contribution in [2.24, 2.45) is 4.99 Å². The van der Waals surface area contributed by atoms with Gasteiger partial charge in [-0.05, 0) is 17.7 Å². The number of hydrogen-bond donors (Lipinski definition) is 1. The van der Waals surface area contributed by atoms with Crippen LogP contribution in [0.3, 0.4) is 0 Å². The van der Waals surface area contributed by atoms with Gasteiger partial charge in [0.25, 0.3) is 0 Å². The molecule has 0 saturated carbocycles. The van der Waals surface area contributed by atoms with Crippen molar-refractivity contribution in [2.45, 2.75) is 39.3 Å². The minimum absolute atomic E-state index is 0.147. The van der Waals surface area contributed by atoms with Gasteiger partial charge >= 0.3 is 0 Å². The predicted octanol–water partition coefficient (Wildman–Crippen LogP) is 2.91. The molecule has 28 heavy (non-hydrogen) atoms. The van der Waals surface area contributed by atoms with E-state index in [1.807, 2.05) is 18.2 Å². The van der Waals surface area contributed by atoms with E-state index in [0.29, 0.717) is 18.3 Å². The number of piperazine rings is 1. The van der Waals surface area contributed by atoms with Gasteiger partial charge in [0.1, 0.15) is 0 Å². The van der Waals surface area contributed by atoms with Gasteiger partial charge in [-0.1, -0.05) is 49.7 Å². The Hall–Kier alpha value is -2.12. The molecule has 2 heterocycles. The van der Waals surface area contributed by atoms with Crippen LogP contribution in [0.5, 0.6) is 0 Å². The number of nitrogens with one attached hydrogen (secondary N) is 1. The third-order valence-corrected chi connectivity index (χ3v) is 4.93. The third kappa shape index (κ3) is 5.45. The Morgan fingerprint density at radius 3 is 2.61 bits per heavy atom. The van der Waals surface area contributed by atoms with Crippen molar-refractivity contribution in [3.05, 3.63) is 46.6 Å². The Labute approximate surface area is 171 Å². The number of aromatic nitrogens is 2. The molecule has 152 valence electrons. The van der Waals surface area contributed by atoms with Gasteiger partial charge in [0.2, 0.25) is 5.89 Å². The summed E-state index contributed by atoms with van der Waals surface area (Å²) in [5, 5.41) is 8.19. The van der Waals surface area contributed by atoms with Crippen LogP contribution < -0.4 is 5.32 Å². The van der Waals surface area contributed by atoms with Crippen LogP contribution in [-0.4, -0.2) is 59.1 Å². The van der Waals surface area contributed by atoms with E-state index in [1.54, 1.807) is 7.05 Å². The summed E-state index contributed by atoms with van der Waals surface area (Å²) in [5.74, 6) is 2.16. The maximum atomic E-state index is 6.09. The van der Waals surface area contributed by atoms with Crippen molar-refractivity contribution >= 4 is 17.6 Å². The van der Waals surface area contributed by atoms with Gasteiger partial charge in [0.05, 0.1) is 6.54 Å². The standard InChI is InChI=1S/C20H29ClN6O/c1-20(2,3)18-24-17(25-28-18)13-23-19(22-4)27-10-8-26(9-11-27)14-15-6-5-7-16(21)12-15/h5-7,12H,8-11,13-14H2,1-4H3,(H,22,23). The first kappa shape index (κ1) is 20.6. The lowest BCUT2D eigenvalue weighted by Crippen LogP contribution is -2.52. The van der Waals surface area contributed by atoms with Crippen LogP contribution in [0.2, 0.25) is 5.02 Å². The van der Waals surface area contributed by atoms with Gasteiger partial charge in [-0.2, -0.15) is 4.98 Å². The lowest BCUT2D eigenvalue weighted by Gasteiger charge is -2.36. The zero-order valence-corrected chi connectivity index (χ0v) is 17.8. The maximum absolute atomic E-state index is 6.09. The van der Waals surface area contributed by atoms with Crippen LogP contribution in [0.15, 0.2) is 33.8 Å². The lowest BCUT2D eigenvalue weighted by atomic mass is 9.97. The molecule has 0 amide bonds. The molecule has 3 rings (SSSR count). The van der Waals surface area contributed by atoms with Gasteiger partial charge in [0, 0.05) is 50.2 Å². The van der Waals surface area contributed by atoms with E-state index in [4.69, 9.17) is 16.1 Å². The second-order valence-electron chi connectivity index (χ2n) is 8.06. The van der Waals surface area contributed by atoms with Gasteiger partial charge in [-0.3, -0.25) is 9.89 Å². The fraction of sp³-hybridized carbons (Fsp3) is 0.550. The van der Waals surface area contributed by atoms with Crippen LogP contribution in [0, 0.1) is 0 Å². The van der Waals surface area contributed by atoms with E-state index in [2.05, 4.69) is 57.1 Å².